The van der Waals surface area contributed by atoms with Gasteiger partial charge in [0.05, 0.1) is 12.0 Å². The van der Waals surface area contributed by atoms with E-state index < -0.39 is 4.92 Å². The number of rotatable bonds is 3. The molecule has 1 aromatic rings. The number of hydrogen-bond acceptors (Lipinski definition) is 4. The molecule has 1 atom stereocenters. The number of amides is 1. The Balaban J connectivity index is 2.41. The van der Waals surface area contributed by atoms with Crippen LogP contribution in [0.25, 0.3) is 0 Å². The minimum atomic E-state index is -0.433. The Kier molecular flexibility index (Phi) is 2.95. The molecule has 1 unspecified atom stereocenters. The van der Waals surface area contributed by atoms with E-state index in [2.05, 4.69) is 5.32 Å². The molecule has 90 valence electrons. The fourth-order valence-corrected chi connectivity index (χ4v) is 1.98. The van der Waals surface area contributed by atoms with Crippen LogP contribution in [0.5, 0.6) is 5.75 Å². The Bertz CT molecular complexity index is 473. The van der Waals surface area contributed by atoms with Crippen molar-refractivity contribution >= 4 is 11.6 Å². The summed E-state index contributed by atoms with van der Waals surface area (Å²) in [5.74, 6) is 0.329. The first kappa shape index (κ1) is 11.4. The van der Waals surface area contributed by atoms with E-state index >= 15 is 0 Å². The monoisotopic (exact) mass is 236 g/mol. The second kappa shape index (κ2) is 4.40. The van der Waals surface area contributed by atoms with Crippen LogP contribution in [0.15, 0.2) is 18.2 Å². The summed E-state index contributed by atoms with van der Waals surface area (Å²) in [7, 11) is 1.50. The summed E-state index contributed by atoms with van der Waals surface area (Å²) in [6, 6.07) is 4.59. The lowest BCUT2D eigenvalue weighted by Crippen LogP contribution is -2.13. The van der Waals surface area contributed by atoms with Gasteiger partial charge in [-0.2, -0.15) is 0 Å². The lowest BCUT2D eigenvalue weighted by atomic mass is 9.96. The number of methoxy groups -OCH3 is 1. The lowest BCUT2D eigenvalue weighted by Gasteiger charge is -2.10. The fraction of sp³-hybridized carbons (Fsp3) is 0.364. The molecular formula is C11H12N2O4. The third kappa shape index (κ3) is 2.20. The van der Waals surface area contributed by atoms with Gasteiger partial charge in [0.2, 0.25) is 5.91 Å². The van der Waals surface area contributed by atoms with Crippen molar-refractivity contribution in [3.8, 4) is 5.75 Å². The Labute approximate surface area is 97.7 Å². The van der Waals surface area contributed by atoms with Gasteiger partial charge in [-0.25, -0.2) is 0 Å². The van der Waals surface area contributed by atoms with Crippen molar-refractivity contribution in [1.29, 1.82) is 0 Å². The Hall–Kier alpha value is -2.11. The van der Waals surface area contributed by atoms with Crippen LogP contribution >= 0.6 is 0 Å². The molecule has 0 radical (unpaired) electrons. The second-order valence-electron chi connectivity index (χ2n) is 3.89. The number of ether oxygens (including phenoxy) is 1. The van der Waals surface area contributed by atoms with Gasteiger partial charge in [0.25, 0.3) is 5.69 Å². The summed E-state index contributed by atoms with van der Waals surface area (Å²) >= 11 is 0. The zero-order valence-electron chi connectivity index (χ0n) is 9.30. The van der Waals surface area contributed by atoms with Crippen LogP contribution in [0.4, 0.5) is 5.69 Å². The minimum Gasteiger partial charge on any atom is -0.497 e. The van der Waals surface area contributed by atoms with E-state index in [9.17, 15) is 14.9 Å². The van der Waals surface area contributed by atoms with Crippen LogP contribution < -0.4 is 10.1 Å². The third-order valence-electron chi connectivity index (χ3n) is 2.85. The van der Waals surface area contributed by atoms with Crippen molar-refractivity contribution in [2.24, 2.45) is 0 Å². The Morgan fingerprint density at radius 2 is 2.29 bits per heavy atom. The van der Waals surface area contributed by atoms with Crippen LogP contribution in [0.1, 0.15) is 17.9 Å². The standard InChI is InChI=1S/C11H12N2O4/c1-17-8-2-3-10(13(15)16)9(5-8)7-4-11(14)12-6-7/h2-3,5,7H,4,6H2,1H3,(H,12,14). The molecule has 0 bridgehead atoms. The SMILES string of the molecule is COc1ccc([N+](=O)[O-])c(C2CNC(=O)C2)c1. The summed E-state index contributed by atoms with van der Waals surface area (Å²) < 4.78 is 5.05. The van der Waals surface area contributed by atoms with Crippen LogP contribution in [0, 0.1) is 10.1 Å². The van der Waals surface area contributed by atoms with E-state index in [0.29, 0.717) is 17.9 Å². The lowest BCUT2D eigenvalue weighted by molar-refractivity contribution is -0.385. The topological polar surface area (TPSA) is 81.5 Å². The van der Waals surface area contributed by atoms with Gasteiger partial charge in [0.15, 0.2) is 0 Å². The van der Waals surface area contributed by atoms with Crippen molar-refractivity contribution in [3.63, 3.8) is 0 Å². The van der Waals surface area contributed by atoms with Gasteiger partial charge in [0.1, 0.15) is 5.75 Å². The predicted molar refractivity (Wildman–Crippen MR) is 60.0 cm³/mol. The number of nitrogens with one attached hydrogen (secondary N) is 1. The summed E-state index contributed by atoms with van der Waals surface area (Å²) in [5.41, 5.74) is 0.583. The summed E-state index contributed by atoms with van der Waals surface area (Å²) in [6.07, 6.45) is 0.286. The molecule has 1 aliphatic rings. The predicted octanol–water partition coefficient (Wildman–Crippen LogP) is 1.21. The third-order valence-corrected chi connectivity index (χ3v) is 2.85. The van der Waals surface area contributed by atoms with Crippen LogP contribution in [-0.4, -0.2) is 24.5 Å². The van der Waals surface area contributed by atoms with Crippen molar-refractivity contribution < 1.29 is 14.5 Å². The first-order valence-electron chi connectivity index (χ1n) is 5.21. The highest BCUT2D eigenvalue weighted by atomic mass is 16.6. The number of nitro benzene ring substituents is 1. The van der Waals surface area contributed by atoms with E-state index in [-0.39, 0.29) is 23.9 Å². The molecule has 1 N–H and O–H groups in total. The molecule has 0 aliphatic carbocycles. The molecule has 1 aromatic carbocycles. The molecule has 0 aromatic heterocycles. The van der Waals surface area contributed by atoms with Crippen molar-refractivity contribution in [2.75, 3.05) is 13.7 Å². The van der Waals surface area contributed by atoms with E-state index in [0.717, 1.165) is 0 Å². The van der Waals surface area contributed by atoms with Crippen molar-refractivity contribution in [1.82, 2.24) is 5.32 Å². The van der Waals surface area contributed by atoms with E-state index in [1.165, 1.54) is 13.2 Å². The van der Waals surface area contributed by atoms with Crippen LogP contribution in [-0.2, 0) is 4.79 Å². The van der Waals surface area contributed by atoms with Gasteiger partial charge in [-0.15, -0.1) is 0 Å². The number of carbonyl (C=O) groups excluding carboxylic acids is 1. The van der Waals surface area contributed by atoms with Gasteiger partial charge in [-0.3, -0.25) is 14.9 Å². The minimum absolute atomic E-state index is 0.0345. The molecule has 1 fully saturated rings. The number of nitro groups is 1. The molecule has 1 heterocycles. The number of nitrogens with zero attached hydrogens (tertiary/aromatic N) is 1. The van der Waals surface area contributed by atoms with E-state index in [1.54, 1.807) is 12.1 Å². The molecule has 0 saturated carbocycles. The van der Waals surface area contributed by atoms with Crippen molar-refractivity contribution in [3.05, 3.63) is 33.9 Å². The number of hydrogen-bond donors (Lipinski definition) is 1. The van der Waals surface area contributed by atoms with Gasteiger partial charge in [0, 0.05) is 30.5 Å². The maximum Gasteiger partial charge on any atom is 0.273 e. The number of benzene rings is 1. The maximum atomic E-state index is 11.2. The average Bonchev–Trinajstić information content (AvgIpc) is 2.75. The maximum absolute atomic E-state index is 11.2. The molecule has 1 amide bonds. The van der Waals surface area contributed by atoms with E-state index in [4.69, 9.17) is 4.74 Å². The van der Waals surface area contributed by atoms with Crippen LogP contribution in [0.3, 0.4) is 0 Å². The van der Waals surface area contributed by atoms with Crippen molar-refractivity contribution in [2.45, 2.75) is 12.3 Å². The van der Waals surface area contributed by atoms with Gasteiger partial charge >= 0.3 is 0 Å². The normalized spacial score (nSPS) is 18.9. The molecule has 17 heavy (non-hydrogen) atoms. The summed E-state index contributed by atoms with van der Waals surface area (Å²) in [6.45, 7) is 0.437. The Morgan fingerprint density at radius 3 is 2.82 bits per heavy atom. The summed E-state index contributed by atoms with van der Waals surface area (Å²) in [4.78, 5) is 21.6. The first-order valence-corrected chi connectivity index (χ1v) is 5.21. The smallest absolute Gasteiger partial charge is 0.273 e. The van der Waals surface area contributed by atoms with E-state index in [1.807, 2.05) is 0 Å². The molecule has 1 saturated heterocycles. The highest BCUT2D eigenvalue weighted by molar-refractivity contribution is 5.79. The highest BCUT2D eigenvalue weighted by Gasteiger charge is 2.29. The van der Waals surface area contributed by atoms with Crippen LogP contribution in [0.2, 0.25) is 0 Å². The Morgan fingerprint density at radius 1 is 1.53 bits per heavy atom. The summed E-state index contributed by atoms with van der Waals surface area (Å²) in [5, 5.41) is 13.6. The van der Waals surface area contributed by atoms with Gasteiger partial charge in [-0.05, 0) is 12.1 Å². The number of carbonyl (C=O) groups is 1. The average molecular weight is 236 g/mol. The zero-order chi connectivity index (χ0) is 12.4. The highest BCUT2D eigenvalue weighted by Crippen LogP contribution is 2.33. The molecule has 2 rings (SSSR count). The fourth-order valence-electron chi connectivity index (χ4n) is 1.98. The molecule has 1 aliphatic heterocycles. The second-order valence-corrected chi connectivity index (χ2v) is 3.89. The molecule has 6 heteroatoms. The molecule has 6 nitrogen and oxygen atoms in total. The first-order chi connectivity index (χ1) is 8.11. The zero-order valence-corrected chi connectivity index (χ0v) is 9.30. The van der Waals surface area contributed by atoms with Gasteiger partial charge in [-0.1, -0.05) is 0 Å². The van der Waals surface area contributed by atoms with Gasteiger partial charge < -0.3 is 10.1 Å². The largest absolute Gasteiger partial charge is 0.497 e. The molecular weight excluding hydrogens is 224 g/mol. The molecule has 0 spiro atoms. The quantitative estimate of drug-likeness (QED) is 0.631.